The van der Waals surface area contributed by atoms with E-state index in [1.807, 2.05) is 6.92 Å². The number of carbonyl (C=O) groups excluding carboxylic acids is 4. The van der Waals surface area contributed by atoms with Crippen molar-refractivity contribution in [1.82, 2.24) is 0 Å². The molecular weight excluding hydrogens is 548 g/mol. The number of allylic oxidation sites excluding steroid dienone is 4. The number of esters is 1. The number of ketones is 2. The number of primary amides is 1. The molecule has 1 amide bonds. The van der Waals surface area contributed by atoms with Gasteiger partial charge in [-0.2, -0.15) is 0 Å². The van der Waals surface area contributed by atoms with E-state index in [1.165, 1.54) is 34.5 Å². The third-order valence-corrected chi connectivity index (χ3v) is 6.88. The van der Waals surface area contributed by atoms with E-state index in [0.29, 0.717) is 17.6 Å². The summed E-state index contributed by atoms with van der Waals surface area (Å²) in [5.41, 5.74) is 12.0. The van der Waals surface area contributed by atoms with Crippen molar-refractivity contribution < 1.29 is 48.0 Å². The fourth-order valence-corrected chi connectivity index (χ4v) is 4.64. The molecule has 0 aromatic carbocycles. The van der Waals surface area contributed by atoms with Crippen LogP contribution in [-0.4, -0.2) is 81.6 Å². The van der Waals surface area contributed by atoms with Gasteiger partial charge in [0.2, 0.25) is 11.6 Å². The highest BCUT2D eigenvalue weighted by Gasteiger charge is 2.32. The Hall–Kier alpha value is -3.74. The third kappa shape index (κ3) is 10.3. The monoisotopic (exact) mass is 592 g/mol. The van der Waals surface area contributed by atoms with Crippen LogP contribution in [0, 0.1) is 11.8 Å². The van der Waals surface area contributed by atoms with Crippen LogP contribution in [0.25, 0.3) is 0 Å². The highest BCUT2D eigenvalue weighted by atomic mass is 16.6. The lowest BCUT2D eigenvalue weighted by molar-refractivity contribution is -0.136. The van der Waals surface area contributed by atoms with E-state index in [-0.39, 0.29) is 29.4 Å². The van der Waals surface area contributed by atoms with Gasteiger partial charge in [0.15, 0.2) is 11.9 Å². The van der Waals surface area contributed by atoms with Gasteiger partial charge in [-0.05, 0) is 38.2 Å². The van der Waals surface area contributed by atoms with Gasteiger partial charge < -0.3 is 40.3 Å². The second-order valence-electron chi connectivity index (χ2n) is 10.2. The lowest BCUT2D eigenvalue weighted by Crippen LogP contribution is -2.37. The number of nitrogens with two attached hydrogens (primary N) is 2. The highest BCUT2D eigenvalue weighted by molar-refractivity contribution is 6.21. The molecule has 1 aliphatic carbocycles. The number of carbonyl (C=O) groups is 4. The number of hydrogen-bond donors (Lipinski definition) is 3. The predicted octanol–water partition coefficient (Wildman–Crippen LogP) is 2.41. The van der Waals surface area contributed by atoms with Crippen molar-refractivity contribution in [3.05, 3.63) is 58.6 Å². The maximum Gasteiger partial charge on any atom is 0.405 e. The molecule has 234 valence electrons. The maximum absolute atomic E-state index is 12.6. The topological polar surface area (TPSA) is 187 Å². The molecule has 0 aromatic rings. The number of Topliss-reactive ketones (excluding diaryl/α,β-unsaturated/α-hetero) is 1. The highest BCUT2D eigenvalue weighted by Crippen LogP contribution is 2.28. The Morgan fingerprint density at radius 3 is 2.24 bits per heavy atom. The molecule has 0 bridgehead atoms. The van der Waals surface area contributed by atoms with E-state index < -0.39 is 54.0 Å². The van der Waals surface area contributed by atoms with Crippen LogP contribution in [-0.2, 0) is 38.1 Å². The molecule has 0 fully saturated rings. The summed E-state index contributed by atoms with van der Waals surface area (Å²) in [5.74, 6) is -2.14. The minimum absolute atomic E-state index is 0.0410. The summed E-state index contributed by atoms with van der Waals surface area (Å²) in [6, 6.07) is 0. The zero-order valence-electron chi connectivity index (χ0n) is 25.5. The van der Waals surface area contributed by atoms with Gasteiger partial charge in [-0.15, -0.1) is 0 Å². The van der Waals surface area contributed by atoms with E-state index in [4.69, 9.17) is 30.4 Å². The Morgan fingerprint density at radius 2 is 1.71 bits per heavy atom. The van der Waals surface area contributed by atoms with Crippen LogP contribution in [0.1, 0.15) is 40.5 Å². The SMILES string of the molecule is COC(=O)/C(C)=C/C=C\[C@H](OC)[C@@H](OC(N)=O)/C(C)=C/[C@@H](C)[C@@H](O)[C@H](C[C@H](C)CC1=C(OC)C(=O)C=C(N)C1=O)OC. The molecule has 1 aliphatic rings. The summed E-state index contributed by atoms with van der Waals surface area (Å²) in [6.07, 6.45) is 3.66. The van der Waals surface area contributed by atoms with Crippen molar-refractivity contribution in [2.45, 2.75) is 65.0 Å². The van der Waals surface area contributed by atoms with Crippen LogP contribution in [0.4, 0.5) is 4.79 Å². The average molecular weight is 593 g/mol. The van der Waals surface area contributed by atoms with Gasteiger partial charge in [-0.1, -0.05) is 38.2 Å². The van der Waals surface area contributed by atoms with Crippen molar-refractivity contribution in [3.63, 3.8) is 0 Å². The fraction of sp³-hybridized carbons (Fsp3) is 0.533. The molecule has 0 heterocycles. The zero-order chi connectivity index (χ0) is 32.1. The minimum Gasteiger partial charge on any atom is -0.492 e. The summed E-state index contributed by atoms with van der Waals surface area (Å²) in [6.45, 7) is 6.93. The second kappa shape index (κ2) is 17.3. The van der Waals surface area contributed by atoms with Gasteiger partial charge in [0.1, 0.15) is 6.10 Å². The Bertz CT molecular complexity index is 1150. The summed E-state index contributed by atoms with van der Waals surface area (Å²) < 4.78 is 26.3. The van der Waals surface area contributed by atoms with E-state index in [0.717, 1.165) is 6.08 Å². The summed E-state index contributed by atoms with van der Waals surface area (Å²) >= 11 is 0. The first-order valence-corrected chi connectivity index (χ1v) is 13.4. The number of ether oxygens (including phenoxy) is 5. The molecule has 0 aromatic heterocycles. The molecule has 5 N–H and O–H groups in total. The second-order valence-corrected chi connectivity index (χ2v) is 10.2. The van der Waals surface area contributed by atoms with Crippen LogP contribution in [0.5, 0.6) is 0 Å². The van der Waals surface area contributed by atoms with E-state index in [9.17, 15) is 24.3 Å². The maximum atomic E-state index is 12.6. The van der Waals surface area contributed by atoms with Gasteiger partial charge in [-0.25, -0.2) is 9.59 Å². The fourth-order valence-electron chi connectivity index (χ4n) is 4.64. The van der Waals surface area contributed by atoms with Gasteiger partial charge in [-0.3, -0.25) is 9.59 Å². The van der Waals surface area contributed by atoms with Crippen molar-refractivity contribution in [2.75, 3.05) is 28.4 Å². The van der Waals surface area contributed by atoms with Crippen LogP contribution in [0.3, 0.4) is 0 Å². The molecule has 0 unspecified atom stereocenters. The van der Waals surface area contributed by atoms with Crippen LogP contribution in [0.2, 0.25) is 0 Å². The summed E-state index contributed by atoms with van der Waals surface area (Å²) in [5, 5.41) is 11.2. The third-order valence-electron chi connectivity index (χ3n) is 6.88. The first-order chi connectivity index (χ1) is 19.7. The predicted molar refractivity (Wildman–Crippen MR) is 155 cm³/mol. The Morgan fingerprint density at radius 1 is 1.07 bits per heavy atom. The lowest BCUT2D eigenvalue weighted by atomic mass is 9.85. The standard InChI is InChI=1S/C30H44N2O10/c1-16(12-20-26(35)21(31)15-22(33)28(20)40-7)13-24(39-6)25(34)18(3)14-19(4)27(42-30(32)37)23(38-5)11-9-10-17(2)29(36)41-8/h9-11,14-16,18,23-25,27,34H,12-13,31H2,1-8H3,(H2,32,37)/b11-9-,17-10+,19-14+/t16-,18-,23+,24+,25-,27+/m1/s1. The number of amides is 1. The molecule has 0 aliphatic heterocycles. The largest absolute Gasteiger partial charge is 0.492 e. The first kappa shape index (κ1) is 36.3. The van der Waals surface area contributed by atoms with Gasteiger partial charge in [0.05, 0.1) is 32.1 Å². The molecule has 1 rings (SSSR count). The van der Waals surface area contributed by atoms with Crippen LogP contribution >= 0.6 is 0 Å². The van der Waals surface area contributed by atoms with Gasteiger partial charge >= 0.3 is 12.1 Å². The van der Waals surface area contributed by atoms with Crippen molar-refractivity contribution in [2.24, 2.45) is 23.3 Å². The molecule has 0 saturated carbocycles. The first-order valence-electron chi connectivity index (χ1n) is 13.4. The molecule has 0 radical (unpaired) electrons. The molecular formula is C30H44N2O10. The van der Waals surface area contributed by atoms with E-state index >= 15 is 0 Å². The van der Waals surface area contributed by atoms with Crippen LogP contribution in [0.15, 0.2) is 58.6 Å². The number of aliphatic hydroxyl groups excluding tert-OH is 1. The average Bonchev–Trinajstić information content (AvgIpc) is 2.94. The van der Waals surface area contributed by atoms with Crippen molar-refractivity contribution >= 4 is 23.6 Å². The molecule has 12 heteroatoms. The quantitative estimate of drug-likeness (QED) is 0.0785. The van der Waals surface area contributed by atoms with Gasteiger partial charge in [0, 0.05) is 37.4 Å². The number of hydrogen-bond acceptors (Lipinski definition) is 11. The molecule has 42 heavy (non-hydrogen) atoms. The van der Waals surface area contributed by atoms with E-state index in [2.05, 4.69) is 4.74 Å². The lowest BCUT2D eigenvalue weighted by Gasteiger charge is -2.29. The van der Waals surface area contributed by atoms with Crippen molar-refractivity contribution in [3.8, 4) is 0 Å². The van der Waals surface area contributed by atoms with Crippen LogP contribution < -0.4 is 11.5 Å². The van der Waals surface area contributed by atoms with Gasteiger partial charge in [0.25, 0.3) is 0 Å². The van der Waals surface area contributed by atoms with E-state index in [1.54, 1.807) is 39.0 Å². The molecule has 12 nitrogen and oxygen atoms in total. The van der Waals surface area contributed by atoms with Crippen molar-refractivity contribution in [1.29, 1.82) is 0 Å². The Kier molecular flexibility index (Phi) is 14.9. The normalized spacial score (nSPS) is 19.1. The molecule has 6 atom stereocenters. The number of methoxy groups -OCH3 is 4. The Balaban J connectivity index is 3.12. The summed E-state index contributed by atoms with van der Waals surface area (Å²) in [4.78, 5) is 48.1. The number of rotatable bonds is 16. The zero-order valence-corrected chi connectivity index (χ0v) is 25.5. The molecule has 0 saturated heterocycles. The Labute approximate surface area is 247 Å². The smallest absolute Gasteiger partial charge is 0.405 e. The minimum atomic E-state index is -1.02. The summed E-state index contributed by atoms with van der Waals surface area (Å²) in [7, 11) is 5.49. The molecule has 0 spiro atoms. The number of aliphatic hydroxyl groups is 1.